The minimum absolute atomic E-state index is 0. The SMILES string of the molecule is Cl.O=C(NCCC1CCNC1)C1OCCc2ccccc21. The van der Waals surface area contributed by atoms with Crippen LogP contribution in [-0.4, -0.2) is 32.1 Å². The molecule has 2 N–H and O–H groups in total. The van der Waals surface area contributed by atoms with E-state index in [1.807, 2.05) is 18.2 Å². The number of amides is 1. The quantitative estimate of drug-likeness (QED) is 0.892. The number of carbonyl (C=O) groups excluding carboxylic acids is 1. The number of hydrogen-bond donors (Lipinski definition) is 2. The molecule has 2 aliphatic heterocycles. The molecule has 4 nitrogen and oxygen atoms in total. The van der Waals surface area contributed by atoms with Crippen molar-refractivity contribution in [3.8, 4) is 0 Å². The van der Waals surface area contributed by atoms with Gasteiger partial charge in [-0.1, -0.05) is 24.3 Å². The zero-order chi connectivity index (χ0) is 13.8. The zero-order valence-corrected chi connectivity index (χ0v) is 13.0. The first-order valence-electron chi connectivity index (χ1n) is 7.52. The average Bonchev–Trinajstić information content (AvgIpc) is 3.00. The monoisotopic (exact) mass is 310 g/mol. The molecular weight excluding hydrogens is 288 g/mol. The summed E-state index contributed by atoms with van der Waals surface area (Å²) in [7, 11) is 0. The Kier molecular flexibility index (Phi) is 6.03. The summed E-state index contributed by atoms with van der Waals surface area (Å²) >= 11 is 0. The summed E-state index contributed by atoms with van der Waals surface area (Å²) in [6.45, 7) is 3.56. The molecule has 0 saturated carbocycles. The lowest BCUT2D eigenvalue weighted by atomic mass is 9.97. The maximum absolute atomic E-state index is 12.3. The van der Waals surface area contributed by atoms with Gasteiger partial charge < -0.3 is 15.4 Å². The fourth-order valence-electron chi connectivity index (χ4n) is 3.06. The fourth-order valence-corrected chi connectivity index (χ4v) is 3.06. The highest BCUT2D eigenvalue weighted by atomic mass is 35.5. The van der Waals surface area contributed by atoms with Crippen LogP contribution in [0.15, 0.2) is 24.3 Å². The molecule has 2 unspecified atom stereocenters. The summed E-state index contributed by atoms with van der Waals surface area (Å²) in [4.78, 5) is 12.3. The van der Waals surface area contributed by atoms with Gasteiger partial charge in [0.05, 0.1) is 6.61 Å². The third-order valence-corrected chi connectivity index (χ3v) is 4.25. The highest BCUT2D eigenvalue weighted by Gasteiger charge is 2.27. The van der Waals surface area contributed by atoms with Crippen LogP contribution in [0.3, 0.4) is 0 Å². The third kappa shape index (κ3) is 3.96. The van der Waals surface area contributed by atoms with Gasteiger partial charge >= 0.3 is 0 Å². The van der Waals surface area contributed by atoms with Crippen LogP contribution in [0.4, 0.5) is 0 Å². The van der Waals surface area contributed by atoms with Gasteiger partial charge in [0, 0.05) is 6.54 Å². The maximum atomic E-state index is 12.3. The largest absolute Gasteiger partial charge is 0.363 e. The van der Waals surface area contributed by atoms with Crippen molar-refractivity contribution in [2.24, 2.45) is 5.92 Å². The standard InChI is InChI=1S/C16H22N2O2.ClH/c19-16(18-9-6-12-5-8-17-11-12)15-14-4-2-1-3-13(14)7-10-20-15;/h1-4,12,15,17H,5-11H2,(H,18,19);1H. The number of hydrogen-bond acceptors (Lipinski definition) is 3. The van der Waals surface area contributed by atoms with Gasteiger partial charge in [-0.05, 0) is 49.4 Å². The summed E-state index contributed by atoms with van der Waals surface area (Å²) in [6.07, 6.45) is 2.74. The molecular formula is C16H23ClN2O2. The van der Waals surface area contributed by atoms with Crippen LogP contribution in [0, 0.1) is 5.92 Å². The van der Waals surface area contributed by atoms with E-state index >= 15 is 0 Å². The molecule has 2 heterocycles. The van der Waals surface area contributed by atoms with E-state index in [9.17, 15) is 4.79 Å². The minimum Gasteiger partial charge on any atom is -0.363 e. The summed E-state index contributed by atoms with van der Waals surface area (Å²) in [5, 5.41) is 6.38. The Bertz CT molecular complexity index is 475. The summed E-state index contributed by atoms with van der Waals surface area (Å²) in [5.41, 5.74) is 2.26. The molecule has 21 heavy (non-hydrogen) atoms. The maximum Gasteiger partial charge on any atom is 0.253 e. The number of halogens is 1. The molecule has 0 radical (unpaired) electrons. The highest BCUT2D eigenvalue weighted by molar-refractivity contribution is 5.85. The van der Waals surface area contributed by atoms with E-state index in [1.165, 1.54) is 12.0 Å². The van der Waals surface area contributed by atoms with Gasteiger partial charge in [-0.25, -0.2) is 0 Å². The van der Waals surface area contributed by atoms with Gasteiger partial charge in [-0.3, -0.25) is 4.79 Å². The summed E-state index contributed by atoms with van der Waals surface area (Å²) < 4.78 is 5.66. The average molecular weight is 311 g/mol. The first-order valence-corrected chi connectivity index (χ1v) is 7.52. The van der Waals surface area contributed by atoms with E-state index in [0.29, 0.717) is 12.5 Å². The van der Waals surface area contributed by atoms with E-state index in [-0.39, 0.29) is 18.3 Å². The first-order chi connectivity index (χ1) is 9.84. The van der Waals surface area contributed by atoms with Crippen LogP contribution in [-0.2, 0) is 16.0 Å². The molecule has 1 fully saturated rings. The molecule has 116 valence electrons. The number of carbonyl (C=O) groups is 1. The summed E-state index contributed by atoms with van der Waals surface area (Å²) in [5.74, 6) is 0.706. The number of ether oxygens (including phenoxy) is 1. The normalized spacial score (nSPS) is 24.0. The molecule has 1 aromatic carbocycles. The Morgan fingerprint density at radius 1 is 1.38 bits per heavy atom. The van der Waals surface area contributed by atoms with E-state index in [0.717, 1.165) is 38.0 Å². The van der Waals surface area contributed by atoms with Crippen molar-refractivity contribution >= 4 is 18.3 Å². The lowest BCUT2D eigenvalue weighted by Gasteiger charge is -2.25. The fraction of sp³-hybridized carbons (Fsp3) is 0.562. The van der Waals surface area contributed by atoms with Crippen molar-refractivity contribution in [1.29, 1.82) is 0 Å². The molecule has 0 bridgehead atoms. The van der Waals surface area contributed by atoms with Gasteiger partial charge in [-0.2, -0.15) is 0 Å². The molecule has 0 spiro atoms. The number of fused-ring (bicyclic) bond motifs is 1. The number of nitrogens with one attached hydrogen (secondary N) is 2. The second-order valence-corrected chi connectivity index (χ2v) is 5.64. The molecule has 1 aromatic rings. The van der Waals surface area contributed by atoms with Crippen LogP contribution in [0.2, 0.25) is 0 Å². The number of rotatable bonds is 4. The highest BCUT2D eigenvalue weighted by Crippen LogP contribution is 2.26. The molecule has 2 atom stereocenters. The Morgan fingerprint density at radius 2 is 2.24 bits per heavy atom. The van der Waals surface area contributed by atoms with Gasteiger partial charge in [-0.15, -0.1) is 12.4 Å². The van der Waals surface area contributed by atoms with Crippen LogP contribution >= 0.6 is 12.4 Å². The van der Waals surface area contributed by atoms with E-state index in [1.54, 1.807) is 0 Å². The molecule has 1 amide bonds. The second kappa shape index (κ2) is 7.78. The Hall–Kier alpha value is -1.10. The van der Waals surface area contributed by atoms with Crippen molar-refractivity contribution in [2.45, 2.75) is 25.4 Å². The van der Waals surface area contributed by atoms with Crippen molar-refractivity contribution in [3.05, 3.63) is 35.4 Å². The Labute approximate surface area is 132 Å². The zero-order valence-electron chi connectivity index (χ0n) is 12.1. The summed E-state index contributed by atoms with van der Waals surface area (Å²) in [6, 6.07) is 8.08. The van der Waals surface area contributed by atoms with Gasteiger partial charge in [0.1, 0.15) is 0 Å². The third-order valence-electron chi connectivity index (χ3n) is 4.25. The van der Waals surface area contributed by atoms with Crippen LogP contribution in [0.5, 0.6) is 0 Å². The van der Waals surface area contributed by atoms with Gasteiger partial charge in [0.2, 0.25) is 0 Å². The molecule has 3 rings (SSSR count). The molecule has 0 aliphatic carbocycles. The van der Waals surface area contributed by atoms with E-state index in [4.69, 9.17) is 4.74 Å². The van der Waals surface area contributed by atoms with Crippen LogP contribution < -0.4 is 10.6 Å². The van der Waals surface area contributed by atoms with Crippen molar-refractivity contribution in [2.75, 3.05) is 26.2 Å². The molecule has 1 saturated heterocycles. The van der Waals surface area contributed by atoms with Gasteiger partial charge in [0.25, 0.3) is 5.91 Å². The van der Waals surface area contributed by atoms with Crippen molar-refractivity contribution in [1.82, 2.24) is 10.6 Å². The lowest BCUT2D eigenvalue weighted by molar-refractivity contribution is -0.134. The lowest BCUT2D eigenvalue weighted by Crippen LogP contribution is -2.35. The predicted molar refractivity (Wildman–Crippen MR) is 84.7 cm³/mol. The topological polar surface area (TPSA) is 50.4 Å². The van der Waals surface area contributed by atoms with Gasteiger partial charge in [0.15, 0.2) is 6.10 Å². The Balaban J connectivity index is 0.00000161. The first kappa shape index (κ1) is 16.3. The Morgan fingerprint density at radius 3 is 3.05 bits per heavy atom. The van der Waals surface area contributed by atoms with Crippen LogP contribution in [0.1, 0.15) is 30.1 Å². The molecule has 2 aliphatic rings. The smallest absolute Gasteiger partial charge is 0.253 e. The van der Waals surface area contributed by atoms with Crippen molar-refractivity contribution < 1.29 is 9.53 Å². The van der Waals surface area contributed by atoms with Crippen molar-refractivity contribution in [3.63, 3.8) is 0 Å². The minimum atomic E-state index is -0.429. The second-order valence-electron chi connectivity index (χ2n) is 5.64. The molecule has 0 aromatic heterocycles. The van der Waals surface area contributed by atoms with Crippen LogP contribution in [0.25, 0.3) is 0 Å². The number of benzene rings is 1. The predicted octanol–water partition coefficient (Wildman–Crippen LogP) is 1.84. The van der Waals surface area contributed by atoms with E-state index in [2.05, 4.69) is 16.7 Å². The molecule has 5 heteroatoms. The van der Waals surface area contributed by atoms with E-state index < -0.39 is 6.10 Å².